The Bertz CT molecular complexity index is 1090. The van der Waals surface area contributed by atoms with Gasteiger partial charge in [-0.15, -0.1) is 0 Å². The van der Waals surface area contributed by atoms with Gasteiger partial charge in [-0.25, -0.2) is 9.50 Å². The fraction of sp³-hybridized carbons (Fsp3) is 0.391. The Morgan fingerprint density at radius 3 is 2.55 bits per heavy atom. The first kappa shape index (κ1) is 22.3. The predicted molar refractivity (Wildman–Crippen MR) is 116 cm³/mol. The summed E-state index contributed by atoms with van der Waals surface area (Å²) >= 11 is 0. The maximum atomic E-state index is 12.3. The van der Waals surface area contributed by atoms with E-state index in [4.69, 9.17) is 9.47 Å². The predicted octanol–water partition coefficient (Wildman–Crippen LogP) is 2.84. The van der Waals surface area contributed by atoms with Gasteiger partial charge in [-0.05, 0) is 57.4 Å². The molecule has 0 aliphatic carbocycles. The van der Waals surface area contributed by atoms with E-state index in [1.54, 1.807) is 18.5 Å². The smallest absolute Gasteiger partial charge is 0.306 e. The van der Waals surface area contributed by atoms with Crippen LogP contribution in [0.4, 0.5) is 0 Å². The zero-order chi connectivity index (χ0) is 22.5. The number of aryl methyl sites for hydroxylation is 3. The van der Waals surface area contributed by atoms with E-state index in [1.807, 2.05) is 51.1 Å². The minimum absolute atomic E-state index is 0.158. The number of amides is 1. The standard InChI is InChI=1S/C23H28N4O4/c1-14-12-21-25-15(2)20(16(3)27(21)26-14)10-11-22(28)31-17(4)23(29)24-13-18-6-8-19(30-5)9-7-18/h6-9,12,17H,10-11,13H2,1-5H3,(H,24,29)/t17-/m0/s1. The van der Waals surface area contributed by atoms with Crippen LogP contribution in [0.15, 0.2) is 30.3 Å². The van der Waals surface area contributed by atoms with Crippen LogP contribution in [-0.2, 0) is 27.3 Å². The van der Waals surface area contributed by atoms with Crippen molar-refractivity contribution in [2.24, 2.45) is 0 Å². The van der Waals surface area contributed by atoms with E-state index in [0.29, 0.717) is 13.0 Å². The normalized spacial score (nSPS) is 11.9. The molecule has 0 aliphatic heterocycles. The van der Waals surface area contributed by atoms with Gasteiger partial charge in [0.1, 0.15) is 5.75 Å². The van der Waals surface area contributed by atoms with Gasteiger partial charge in [0, 0.05) is 30.4 Å². The molecule has 3 rings (SSSR count). The number of ether oxygens (including phenoxy) is 2. The van der Waals surface area contributed by atoms with Crippen molar-refractivity contribution in [1.82, 2.24) is 19.9 Å². The summed E-state index contributed by atoms with van der Waals surface area (Å²) in [7, 11) is 1.60. The van der Waals surface area contributed by atoms with Crippen LogP contribution in [0.25, 0.3) is 5.65 Å². The average Bonchev–Trinajstić information content (AvgIpc) is 3.12. The Kier molecular flexibility index (Phi) is 6.89. The fourth-order valence-corrected chi connectivity index (χ4v) is 3.42. The Balaban J connectivity index is 1.51. The Morgan fingerprint density at radius 1 is 1.16 bits per heavy atom. The van der Waals surface area contributed by atoms with Crippen LogP contribution in [0.2, 0.25) is 0 Å². The molecule has 0 saturated heterocycles. The lowest BCUT2D eigenvalue weighted by molar-refractivity contribution is -0.154. The maximum Gasteiger partial charge on any atom is 0.306 e. The molecule has 0 radical (unpaired) electrons. The van der Waals surface area contributed by atoms with Crippen molar-refractivity contribution >= 4 is 17.5 Å². The SMILES string of the molecule is COc1ccc(CNC(=O)[C@H](C)OC(=O)CCc2c(C)nc3cc(C)nn3c2C)cc1. The topological polar surface area (TPSA) is 94.8 Å². The zero-order valence-corrected chi connectivity index (χ0v) is 18.6. The number of methoxy groups -OCH3 is 1. The van der Waals surface area contributed by atoms with Crippen LogP contribution in [0, 0.1) is 20.8 Å². The molecule has 1 amide bonds. The van der Waals surface area contributed by atoms with Crippen molar-refractivity contribution in [3.8, 4) is 5.75 Å². The number of nitrogens with zero attached hydrogens (tertiary/aromatic N) is 3. The molecule has 0 bridgehead atoms. The van der Waals surface area contributed by atoms with Gasteiger partial charge in [0.15, 0.2) is 11.8 Å². The number of esters is 1. The first-order valence-corrected chi connectivity index (χ1v) is 10.2. The first-order valence-electron chi connectivity index (χ1n) is 10.2. The largest absolute Gasteiger partial charge is 0.497 e. The molecule has 1 aromatic carbocycles. The van der Waals surface area contributed by atoms with E-state index in [1.165, 1.54) is 0 Å². The molecule has 2 aromatic heterocycles. The van der Waals surface area contributed by atoms with Gasteiger partial charge >= 0.3 is 5.97 Å². The number of aromatic nitrogens is 3. The number of carbonyl (C=O) groups is 2. The number of hydrogen-bond acceptors (Lipinski definition) is 6. The highest BCUT2D eigenvalue weighted by Crippen LogP contribution is 2.17. The summed E-state index contributed by atoms with van der Waals surface area (Å²) in [4.78, 5) is 29.1. The van der Waals surface area contributed by atoms with Crippen LogP contribution >= 0.6 is 0 Å². The molecular formula is C23H28N4O4. The summed E-state index contributed by atoms with van der Waals surface area (Å²) in [6, 6.07) is 9.31. The van der Waals surface area contributed by atoms with Crippen molar-refractivity contribution in [2.75, 3.05) is 7.11 Å². The molecule has 31 heavy (non-hydrogen) atoms. The van der Waals surface area contributed by atoms with Crippen molar-refractivity contribution < 1.29 is 19.1 Å². The van der Waals surface area contributed by atoms with Crippen LogP contribution in [0.5, 0.6) is 5.75 Å². The fourth-order valence-electron chi connectivity index (χ4n) is 3.42. The molecule has 0 unspecified atom stereocenters. The summed E-state index contributed by atoms with van der Waals surface area (Å²) in [6.07, 6.45) is -0.244. The number of benzene rings is 1. The van der Waals surface area contributed by atoms with E-state index in [0.717, 1.165) is 39.6 Å². The van der Waals surface area contributed by atoms with Crippen molar-refractivity contribution in [1.29, 1.82) is 0 Å². The lowest BCUT2D eigenvalue weighted by Gasteiger charge is -2.15. The first-order chi connectivity index (χ1) is 14.8. The molecule has 0 saturated carbocycles. The van der Waals surface area contributed by atoms with Crippen molar-refractivity contribution in [2.45, 2.75) is 53.2 Å². The number of hydrogen-bond donors (Lipinski definition) is 1. The van der Waals surface area contributed by atoms with Crippen LogP contribution < -0.4 is 10.1 Å². The van der Waals surface area contributed by atoms with Crippen LogP contribution in [0.1, 0.15) is 41.6 Å². The molecule has 1 N–H and O–H groups in total. The van der Waals surface area contributed by atoms with Gasteiger partial charge in [-0.3, -0.25) is 9.59 Å². The maximum absolute atomic E-state index is 12.3. The van der Waals surface area contributed by atoms with E-state index in [-0.39, 0.29) is 12.3 Å². The zero-order valence-electron chi connectivity index (χ0n) is 18.6. The summed E-state index contributed by atoms with van der Waals surface area (Å²) in [5.74, 6) is -0.0193. The lowest BCUT2D eigenvalue weighted by Crippen LogP contribution is -2.35. The summed E-state index contributed by atoms with van der Waals surface area (Å²) < 4.78 is 12.2. The average molecular weight is 425 g/mol. The number of nitrogens with one attached hydrogen (secondary N) is 1. The third-order valence-corrected chi connectivity index (χ3v) is 5.17. The van der Waals surface area contributed by atoms with Gasteiger partial charge in [0.2, 0.25) is 0 Å². The molecule has 0 spiro atoms. The second kappa shape index (κ2) is 9.59. The molecule has 3 aromatic rings. The molecule has 1 atom stereocenters. The van der Waals surface area contributed by atoms with Gasteiger partial charge in [-0.1, -0.05) is 12.1 Å². The molecular weight excluding hydrogens is 396 g/mol. The Morgan fingerprint density at radius 2 is 1.87 bits per heavy atom. The minimum atomic E-state index is -0.873. The quantitative estimate of drug-likeness (QED) is 0.559. The molecule has 8 heteroatoms. The second-order valence-electron chi connectivity index (χ2n) is 7.51. The molecule has 0 aliphatic rings. The van der Waals surface area contributed by atoms with Gasteiger partial charge in [0.25, 0.3) is 5.91 Å². The molecule has 164 valence electrons. The molecule has 0 fully saturated rings. The second-order valence-corrected chi connectivity index (χ2v) is 7.51. The van der Waals surface area contributed by atoms with Crippen LogP contribution in [-0.4, -0.2) is 39.7 Å². The Hall–Kier alpha value is -3.42. The summed E-state index contributed by atoms with van der Waals surface area (Å²) in [5.41, 5.74) is 5.39. The molecule has 2 heterocycles. The summed E-state index contributed by atoms with van der Waals surface area (Å²) in [6.45, 7) is 7.72. The number of rotatable bonds is 8. The number of carbonyl (C=O) groups excluding carboxylic acids is 2. The van der Waals surface area contributed by atoms with E-state index in [2.05, 4.69) is 15.4 Å². The van der Waals surface area contributed by atoms with E-state index >= 15 is 0 Å². The highest BCUT2D eigenvalue weighted by molar-refractivity contribution is 5.83. The van der Waals surface area contributed by atoms with E-state index in [9.17, 15) is 9.59 Å². The third-order valence-electron chi connectivity index (χ3n) is 5.17. The minimum Gasteiger partial charge on any atom is -0.497 e. The van der Waals surface area contributed by atoms with Gasteiger partial charge < -0.3 is 14.8 Å². The highest BCUT2D eigenvalue weighted by Gasteiger charge is 2.19. The lowest BCUT2D eigenvalue weighted by atomic mass is 10.1. The third kappa shape index (κ3) is 5.39. The summed E-state index contributed by atoms with van der Waals surface area (Å²) in [5, 5.41) is 7.22. The number of fused-ring (bicyclic) bond motifs is 1. The monoisotopic (exact) mass is 424 g/mol. The van der Waals surface area contributed by atoms with Gasteiger partial charge in [-0.2, -0.15) is 5.10 Å². The van der Waals surface area contributed by atoms with E-state index < -0.39 is 12.1 Å². The van der Waals surface area contributed by atoms with Gasteiger partial charge in [0.05, 0.1) is 12.8 Å². The van der Waals surface area contributed by atoms with Crippen LogP contribution in [0.3, 0.4) is 0 Å². The van der Waals surface area contributed by atoms with Crippen molar-refractivity contribution in [3.63, 3.8) is 0 Å². The highest BCUT2D eigenvalue weighted by atomic mass is 16.5. The Labute approximate surface area is 181 Å². The van der Waals surface area contributed by atoms with Crippen molar-refractivity contribution in [3.05, 3.63) is 58.5 Å². The molecule has 8 nitrogen and oxygen atoms in total.